The first-order valence-corrected chi connectivity index (χ1v) is 7.40. The number of pyridine rings is 1. The van der Waals surface area contributed by atoms with E-state index in [0.717, 1.165) is 4.90 Å². The summed E-state index contributed by atoms with van der Waals surface area (Å²) in [6, 6.07) is 2.42. The molecule has 9 heteroatoms. The molecule has 3 rings (SSSR count). The fourth-order valence-corrected chi connectivity index (χ4v) is 2.62. The molecule has 1 atom stereocenters. The van der Waals surface area contributed by atoms with Gasteiger partial charge in [-0.05, 0) is 12.1 Å². The van der Waals surface area contributed by atoms with Gasteiger partial charge in [0.25, 0.3) is 5.92 Å². The van der Waals surface area contributed by atoms with Crippen LogP contribution < -0.4 is 0 Å². The zero-order valence-electron chi connectivity index (χ0n) is 13.0. The number of methoxy groups -OCH3 is 1. The van der Waals surface area contributed by atoms with Crippen LogP contribution in [-0.4, -0.2) is 52.1 Å². The van der Waals surface area contributed by atoms with Crippen LogP contribution in [0.2, 0.25) is 0 Å². The number of nitrogens with zero attached hydrogens (tertiary/aromatic N) is 4. The summed E-state index contributed by atoms with van der Waals surface area (Å²) in [6.45, 7) is -0.493. The highest BCUT2D eigenvalue weighted by Crippen LogP contribution is 2.41. The molecule has 0 N–H and O–H groups in total. The molecule has 0 radical (unpaired) electrons. The predicted molar refractivity (Wildman–Crippen MR) is 78.0 cm³/mol. The fourth-order valence-electron chi connectivity index (χ4n) is 2.62. The fraction of sp³-hybridized carbons (Fsp3) is 0.467. The van der Waals surface area contributed by atoms with Crippen LogP contribution in [0.25, 0.3) is 11.4 Å². The molecule has 1 fully saturated rings. The van der Waals surface area contributed by atoms with Gasteiger partial charge in [0.2, 0.25) is 17.6 Å². The second kappa shape index (κ2) is 6.60. The summed E-state index contributed by atoms with van der Waals surface area (Å²) < 4.78 is 37.6. The summed E-state index contributed by atoms with van der Waals surface area (Å²) in [5, 5.41) is 3.81. The summed E-state index contributed by atoms with van der Waals surface area (Å²) in [6.07, 6.45) is 2.61. The van der Waals surface area contributed by atoms with Crippen LogP contribution in [0.1, 0.15) is 24.8 Å². The molecule has 2 aromatic heterocycles. The summed E-state index contributed by atoms with van der Waals surface area (Å²) >= 11 is 0. The minimum atomic E-state index is -2.99. The van der Waals surface area contributed by atoms with Crippen LogP contribution in [0.5, 0.6) is 0 Å². The highest BCUT2D eigenvalue weighted by atomic mass is 19.3. The largest absolute Gasteiger partial charge is 0.384 e. The molecule has 0 aromatic carbocycles. The van der Waals surface area contributed by atoms with Crippen LogP contribution in [-0.2, 0) is 9.53 Å². The number of carbonyl (C=O) groups excluding carboxylic acids is 1. The number of likely N-dealkylation sites (tertiary alicyclic amines) is 1. The summed E-state index contributed by atoms with van der Waals surface area (Å²) in [5.74, 6) is -3.14. The highest BCUT2D eigenvalue weighted by molar-refractivity contribution is 5.77. The third-order valence-corrected chi connectivity index (χ3v) is 3.78. The van der Waals surface area contributed by atoms with E-state index in [9.17, 15) is 13.6 Å². The summed E-state index contributed by atoms with van der Waals surface area (Å²) in [7, 11) is 1.45. The SMILES string of the molecule is COCCC(=O)N1CC(F)(F)C[C@H]1c1nc(-c2ccncc2)no1. The molecule has 1 saturated heterocycles. The highest BCUT2D eigenvalue weighted by Gasteiger charge is 2.49. The van der Waals surface area contributed by atoms with Gasteiger partial charge in [-0.15, -0.1) is 0 Å². The Morgan fingerprint density at radius 1 is 1.46 bits per heavy atom. The lowest BCUT2D eigenvalue weighted by Gasteiger charge is -2.20. The molecule has 1 aliphatic heterocycles. The van der Waals surface area contributed by atoms with Crippen LogP contribution in [0.4, 0.5) is 8.78 Å². The summed E-state index contributed by atoms with van der Waals surface area (Å²) in [5.41, 5.74) is 0.655. The van der Waals surface area contributed by atoms with Crippen molar-refractivity contribution in [2.45, 2.75) is 24.8 Å². The van der Waals surface area contributed by atoms with E-state index in [0.29, 0.717) is 5.56 Å². The molecule has 128 valence electrons. The Morgan fingerprint density at radius 2 is 2.21 bits per heavy atom. The molecule has 3 heterocycles. The molecular weight excluding hydrogens is 322 g/mol. The van der Waals surface area contributed by atoms with Crippen molar-refractivity contribution in [2.75, 3.05) is 20.3 Å². The zero-order chi connectivity index (χ0) is 17.2. The number of halogens is 2. The van der Waals surface area contributed by atoms with Crippen molar-refractivity contribution in [1.82, 2.24) is 20.0 Å². The van der Waals surface area contributed by atoms with Gasteiger partial charge in [-0.3, -0.25) is 9.78 Å². The van der Waals surface area contributed by atoms with Crippen molar-refractivity contribution in [2.24, 2.45) is 0 Å². The quantitative estimate of drug-likeness (QED) is 0.830. The monoisotopic (exact) mass is 338 g/mol. The molecule has 0 aliphatic carbocycles. The second-order valence-corrected chi connectivity index (χ2v) is 5.53. The van der Waals surface area contributed by atoms with Gasteiger partial charge in [-0.1, -0.05) is 5.16 Å². The van der Waals surface area contributed by atoms with Crippen molar-refractivity contribution in [3.63, 3.8) is 0 Å². The maximum atomic E-state index is 13.8. The number of aromatic nitrogens is 3. The smallest absolute Gasteiger partial charge is 0.267 e. The average Bonchev–Trinajstić information content (AvgIpc) is 3.17. The van der Waals surface area contributed by atoms with Crippen LogP contribution in [0, 0.1) is 0 Å². The van der Waals surface area contributed by atoms with Gasteiger partial charge in [0, 0.05) is 31.5 Å². The molecule has 0 bridgehead atoms. The van der Waals surface area contributed by atoms with Crippen molar-refractivity contribution in [1.29, 1.82) is 0 Å². The third-order valence-electron chi connectivity index (χ3n) is 3.78. The predicted octanol–water partition coefficient (Wildman–Crippen LogP) is 2.08. The number of ether oxygens (including phenoxy) is 1. The van der Waals surface area contributed by atoms with Crippen molar-refractivity contribution in [3.05, 3.63) is 30.4 Å². The number of carbonyl (C=O) groups is 1. The standard InChI is InChI=1S/C15H16F2N4O3/c1-23-7-4-12(22)21-9-15(16,17)8-11(21)14-19-13(20-24-14)10-2-5-18-6-3-10/h2-3,5-6,11H,4,7-9H2,1H3/t11-/m0/s1. The lowest BCUT2D eigenvalue weighted by atomic mass is 10.2. The Kier molecular flexibility index (Phi) is 4.52. The van der Waals surface area contributed by atoms with E-state index in [1.807, 2.05) is 0 Å². The van der Waals surface area contributed by atoms with Gasteiger partial charge in [-0.25, -0.2) is 8.78 Å². The van der Waals surface area contributed by atoms with E-state index >= 15 is 0 Å². The minimum Gasteiger partial charge on any atom is -0.384 e. The van der Waals surface area contributed by atoms with E-state index in [1.165, 1.54) is 7.11 Å². The van der Waals surface area contributed by atoms with Gasteiger partial charge in [0.1, 0.15) is 6.04 Å². The lowest BCUT2D eigenvalue weighted by molar-refractivity contribution is -0.134. The molecular formula is C15H16F2N4O3. The molecule has 1 aliphatic rings. The topological polar surface area (TPSA) is 81.4 Å². The average molecular weight is 338 g/mol. The van der Waals surface area contributed by atoms with Crippen molar-refractivity contribution in [3.8, 4) is 11.4 Å². The maximum absolute atomic E-state index is 13.8. The van der Waals surface area contributed by atoms with E-state index in [-0.39, 0.29) is 24.7 Å². The van der Waals surface area contributed by atoms with Crippen molar-refractivity contribution < 1.29 is 22.8 Å². The van der Waals surface area contributed by atoms with E-state index in [2.05, 4.69) is 15.1 Å². The van der Waals surface area contributed by atoms with E-state index in [4.69, 9.17) is 9.26 Å². The second-order valence-electron chi connectivity index (χ2n) is 5.53. The first-order valence-electron chi connectivity index (χ1n) is 7.40. The molecule has 7 nitrogen and oxygen atoms in total. The first kappa shape index (κ1) is 16.4. The number of amides is 1. The molecule has 0 unspecified atom stereocenters. The lowest BCUT2D eigenvalue weighted by Crippen LogP contribution is -2.33. The molecule has 0 saturated carbocycles. The van der Waals surface area contributed by atoms with E-state index < -0.39 is 30.8 Å². The van der Waals surface area contributed by atoms with Crippen LogP contribution >= 0.6 is 0 Å². The van der Waals surface area contributed by atoms with Crippen LogP contribution in [0.15, 0.2) is 29.0 Å². The number of hydrogen-bond acceptors (Lipinski definition) is 6. The van der Waals surface area contributed by atoms with E-state index in [1.54, 1.807) is 24.5 Å². The van der Waals surface area contributed by atoms with Gasteiger partial charge in [-0.2, -0.15) is 4.98 Å². The zero-order valence-corrected chi connectivity index (χ0v) is 13.0. The van der Waals surface area contributed by atoms with Crippen molar-refractivity contribution >= 4 is 5.91 Å². The normalized spacial score (nSPS) is 19.6. The van der Waals surface area contributed by atoms with Gasteiger partial charge in [0.05, 0.1) is 19.6 Å². The maximum Gasteiger partial charge on any atom is 0.267 e. The summed E-state index contributed by atoms with van der Waals surface area (Å²) in [4.78, 5) is 21.3. The minimum absolute atomic E-state index is 0.00440. The number of rotatable bonds is 5. The van der Waals surface area contributed by atoms with Gasteiger partial charge >= 0.3 is 0 Å². The Labute approximate surface area is 136 Å². The molecule has 24 heavy (non-hydrogen) atoms. The molecule has 1 amide bonds. The van der Waals surface area contributed by atoms with Crippen LogP contribution in [0.3, 0.4) is 0 Å². The number of alkyl halides is 2. The van der Waals surface area contributed by atoms with Gasteiger partial charge < -0.3 is 14.2 Å². The van der Waals surface area contributed by atoms with Gasteiger partial charge in [0.15, 0.2) is 0 Å². The molecule has 2 aromatic rings. The number of hydrogen-bond donors (Lipinski definition) is 0. The Hall–Kier alpha value is -2.42. The Bertz CT molecular complexity index is 708. The molecule has 0 spiro atoms. The Balaban J connectivity index is 1.83. The first-order chi connectivity index (χ1) is 11.5. The Morgan fingerprint density at radius 3 is 2.92 bits per heavy atom. The third kappa shape index (κ3) is 3.40.